The molecule has 1 fully saturated rings. The third-order valence-corrected chi connectivity index (χ3v) is 2.35. The van der Waals surface area contributed by atoms with E-state index >= 15 is 0 Å². The molecule has 1 atom stereocenters. The summed E-state index contributed by atoms with van der Waals surface area (Å²) in [5.74, 6) is -0.481. The van der Waals surface area contributed by atoms with Crippen LogP contribution in [0, 0.1) is 0 Å². The predicted octanol–water partition coefficient (Wildman–Crippen LogP) is -0.591. The number of hydrogen-bond acceptors (Lipinski definition) is 4. The molecule has 8 nitrogen and oxygen atoms in total. The van der Waals surface area contributed by atoms with Crippen LogP contribution >= 0.6 is 0 Å². The Hall–Kier alpha value is -2.12. The number of carbonyl (C=O) groups excluding carboxylic acids is 3. The van der Waals surface area contributed by atoms with Gasteiger partial charge >= 0.3 is 12.1 Å². The lowest BCUT2D eigenvalue weighted by Crippen LogP contribution is -2.49. The van der Waals surface area contributed by atoms with Crippen LogP contribution in [-0.4, -0.2) is 29.7 Å². The number of nitrogens with two attached hydrogens (primary N) is 1. The second-order valence-corrected chi connectivity index (χ2v) is 3.72. The van der Waals surface area contributed by atoms with Crippen LogP contribution in [0.4, 0.5) is 9.59 Å². The van der Waals surface area contributed by atoms with E-state index in [1.807, 2.05) is 12.3 Å². The fraction of sp³-hybridized carbons (Fsp3) is 0.556. The summed E-state index contributed by atoms with van der Waals surface area (Å²) in [4.78, 5) is 33.2. The van der Waals surface area contributed by atoms with E-state index in [1.165, 1.54) is 6.21 Å². The van der Waals surface area contributed by atoms with Crippen molar-refractivity contribution in [2.24, 2.45) is 10.8 Å². The normalized spacial score (nSPS) is 23.6. The third-order valence-electron chi connectivity index (χ3n) is 2.35. The number of nitrogens with one attached hydrogen (secondary N) is 3. The molecule has 0 bridgehead atoms. The second-order valence-electron chi connectivity index (χ2n) is 3.72. The van der Waals surface area contributed by atoms with Gasteiger partial charge in [0.2, 0.25) is 0 Å². The van der Waals surface area contributed by atoms with Crippen molar-refractivity contribution in [1.29, 1.82) is 0 Å². The highest BCUT2D eigenvalue weighted by molar-refractivity contribution is 6.16. The second kappa shape index (κ2) is 5.28. The summed E-state index contributed by atoms with van der Waals surface area (Å²) in [6, 6.07) is -1.41. The Balaban J connectivity index is 2.79. The van der Waals surface area contributed by atoms with E-state index < -0.39 is 23.5 Å². The molecule has 1 saturated heterocycles. The summed E-state index contributed by atoms with van der Waals surface area (Å²) >= 11 is 0. The molecule has 8 heteroatoms. The van der Waals surface area contributed by atoms with E-state index in [0.29, 0.717) is 6.42 Å². The monoisotopic (exact) mass is 241 g/mol. The molecule has 1 aliphatic heterocycles. The van der Waals surface area contributed by atoms with Gasteiger partial charge in [0.1, 0.15) is 0 Å². The number of carbonyl (C=O) groups is 3. The minimum atomic E-state index is -1.20. The average Bonchev–Trinajstić information content (AvgIpc) is 2.51. The molecule has 0 unspecified atom stereocenters. The van der Waals surface area contributed by atoms with Crippen LogP contribution in [0.2, 0.25) is 0 Å². The van der Waals surface area contributed by atoms with Crippen molar-refractivity contribution in [2.45, 2.75) is 31.7 Å². The van der Waals surface area contributed by atoms with Crippen LogP contribution in [0.25, 0.3) is 0 Å². The van der Waals surface area contributed by atoms with Gasteiger partial charge < -0.3 is 11.1 Å². The smallest absolute Gasteiger partial charge is 0.332 e. The van der Waals surface area contributed by atoms with Crippen molar-refractivity contribution in [3.63, 3.8) is 0 Å². The molecule has 0 aromatic rings. The first-order chi connectivity index (χ1) is 8.00. The van der Waals surface area contributed by atoms with E-state index in [1.54, 1.807) is 0 Å². The maximum absolute atomic E-state index is 11.7. The number of unbranched alkanes of at least 4 members (excludes halogenated alkanes) is 1. The van der Waals surface area contributed by atoms with Gasteiger partial charge in [0.25, 0.3) is 5.91 Å². The summed E-state index contributed by atoms with van der Waals surface area (Å²) in [5, 5.41) is 8.15. The van der Waals surface area contributed by atoms with E-state index in [9.17, 15) is 14.4 Å². The van der Waals surface area contributed by atoms with Crippen molar-refractivity contribution in [3.8, 4) is 0 Å². The maximum Gasteiger partial charge on any atom is 0.332 e. The minimum absolute atomic E-state index is 0.408. The van der Waals surface area contributed by atoms with E-state index in [0.717, 1.165) is 12.8 Å². The third kappa shape index (κ3) is 3.16. The van der Waals surface area contributed by atoms with E-state index in [4.69, 9.17) is 5.73 Å². The zero-order valence-electron chi connectivity index (χ0n) is 9.45. The topological polar surface area (TPSA) is 126 Å². The Morgan fingerprint density at radius 2 is 2.29 bits per heavy atom. The van der Waals surface area contributed by atoms with Gasteiger partial charge in [-0.05, 0) is 6.42 Å². The fourth-order valence-corrected chi connectivity index (χ4v) is 1.50. The highest BCUT2D eigenvalue weighted by atomic mass is 16.2. The lowest BCUT2D eigenvalue weighted by Gasteiger charge is -2.20. The number of urea groups is 2. The van der Waals surface area contributed by atoms with Gasteiger partial charge in [0.05, 0.1) is 6.21 Å². The summed E-state index contributed by atoms with van der Waals surface area (Å²) in [7, 11) is 0. The molecule has 1 heterocycles. The first-order valence-corrected chi connectivity index (χ1v) is 5.23. The number of primary amides is 1. The Kier molecular flexibility index (Phi) is 4.02. The number of hydrazone groups is 1. The largest absolute Gasteiger partial charge is 0.350 e. The lowest BCUT2D eigenvalue weighted by molar-refractivity contribution is -0.121. The van der Waals surface area contributed by atoms with Crippen LogP contribution in [0.15, 0.2) is 5.10 Å². The molecule has 1 rings (SSSR count). The molecule has 94 valence electrons. The fourth-order valence-electron chi connectivity index (χ4n) is 1.50. The Bertz CT molecular complexity index is 368. The zero-order chi connectivity index (χ0) is 12.9. The van der Waals surface area contributed by atoms with Gasteiger partial charge in [-0.15, -0.1) is 0 Å². The van der Waals surface area contributed by atoms with Gasteiger partial charge in [0, 0.05) is 0 Å². The van der Waals surface area contributed by atoms with Crippen molar-refractivity contribution in [3.05, 3.63) is 0 Å². The number of nitrogens with zero attached hydrogens (tertiary/aromatic N) is 1. The molecule has 17 heavy (non-hydrogen) atoms. The Morgan fingerprint density at radius 3 is 2.76 bits per heavy atom. The first-order valence-electron chi connectivity index (χ1n) is 5.23. The quantitative estimate of drug-likeness (QED) is 0.292. The predicted molar refractivity (Wildman–Crippen MR) is 60.1 cm³/mol. The first kappa shape index (κ1) is 12.9. The van der Waals surface area contributed by atoms with Crippen molar-refractivity contribution < 1.29 is 14.4 Å². The average molecular weight is 241 g/mol. The highest BCUT2D eigenvalue weighted by Gasteiger charge is 2.44. The SMILES string of the molecule is CCCC[C@]1(/C=N\NC(N)=O)NC(=O)NC1=O. The minimum Gasteiger partial charge on any atom is -0.350 e. The van der Waals surface area contributed by atoms with E-state index in [2.05, 4.69) is 15.7 Å². The molecule has 0 spiro atoms. The van der Waals surface area contributed by atoms with E-state index in [-0.39, 0.29) is 0 Å². The van der Waals surface area contributed by atoms with Gasteiger partial charge in [-0.2, -0.15) is 5.10 Å². The molecule has 5 amide bonds. The zero-order valence-corrected chi connectivity index (χ0v) is 9.45. The van der Waals surface area contributed by atoms with Crippen LogP contribution < -0.4 is 21.8 Å². The molecule has 0 saturated carbocycles. The number of hydrogen-bond donors (Lipinski definition) is 4. The van der Waals surface area contributed by atoms with Crippen molar-refractivity contribution >= 4 is 24.2 Å². The van der Waals surface area contributed by atoms with Crippen LogP contribution in [0.5, 0.6) is 0 Å². The molecular weight excluding hydrogens is 226 g/mol. The van der Waals surface area contributed by atoms with Gasteiger partial charge in [-0.3, -0.25) is 10.1 Å². The van der Waals surface area contributed by atoms with Crippen LogP contribution in [-0.2, 0) is 4.79 Å². The molecule has 0 radical (unpaired) electrons. The van der Waals surface area contributed by atoms with Crippen LogP contribution in [0.3, 0.4) is 0 Å². The van der Waals surface area contributed by atoms with Gasteiger partial charge in [-0.1, -0.05) is 19.8 Å². The van der Waals surface area contributed by atoms with Gasteiger partial charge in [0.15, 0.2) is 5.54 Å². The summed E-state index contributed by atoms with van der Waals surface area (Å²) in [6.45, 7) is 1.96. The maximum atomic E-state index is 11.7. The lowest BCUT2D eigenvalue weighted by atomic mass is 9.94. The molecular formula is C9H15N5O3. The van der Waals surface area contributed by atoms with Crippen molar-refractivity contribution in [1.82, 2.24) is 16.1 Å². The number of rotatable bonds is 5. The summed E-state index contributed by atoms with van der Waals surface area (Å²) in [6.07, 6.45) is 3.19. The summed E-state index contributed by atoms with van der Waals surface area (Å²) < 4.78 is 0. The van der Waals surface area contributed by atoms with Crippen molar-refractivity contribution in [2.75, 3.05) is 0 Å². The Morgan fingerprint density at radius 1 is 1.59 bits per heavy atom. The highest BCUT2D eigenvalue weighted by Crippen LogP contribution is 2.16. The standard InChI is InChI=1S/C9H15N5O3/c1-2-3-4-9(5-11-14-7(10)16)6(15)12-8(17)13-9/h5H,2-4H2,1H3,(H3,10,14,16)(H2,12,13,15,17)/b11-5-/t9-/m1/s1. The number of imide groups is 1. The molecule has 5 N–H and O–H groups in total. The molecule has 0 aromatic heterocycles. The molecule has 0 aliphatic carbocycles. The summed E-state index contributed by atoms with van der Waals surface area (Å²) in [5.41, 5.74) is 5.62. The molecule has 0 aromatic carbocycles. The number of amides is 5. The molecule has 1 aliphatic rings. The Labute approximate surface area is 98.0 Å². The van der Waals surface area contributed by atoms with Gasteiger partial charge in [-0.25, -0.2) is 15.0 Å². The van der Waals surface area contributed by atoms with Crippen LogP contribution in [0.1, 0.15) is 26.2 Å².